The van der Waals surface area contributed by atoms with Gasteiger partial charge in [-0.2, -0.15) is 0 Å². The summed E-state index contributed by atoms with van der Waals surface area (Å²) in [6, 6.07) is 17.4. The summed E-state index contributed by atoms with van der Waals surface area (Å²) in [6.07, 6.45) is 1.18. The second kappa shape index (κ2) is 11.1. The smallest absolute Gasteiger partial charge is 0.326 e. The molecule has 1 heterocycles. The van der Waals surface area contributed by atoms with E-state index in [0.29, 0.717) is 22.1 Å². The van der Waals surface area contributed by atoms with Crippen molar-refractivity contribution in [2.75, 3.05) is 13.7 Å². The van der Waals surface area contributed by atoms with Crippen molar-refractivity contribution < 1.29 is 28.6 Å². The molecule has 1 fully saturated rings. The first-order valence-electron chi connectivity index (χ1n) is 11.2. The highest BCUT2D eigenvalue weighted by atomic mass is 35.5. The number of fused-ring (bicyclic) bond motifs is 1. The van der Waals surface area contributed by atoms with Gasteiger partial charge in [0, 0.05) is 0 Å². The Morgan fingerprint density at radius 1 is 1.08 bits per heavy atom. The van der Waals surface area contributed by atoms with E-state index >= 15 is 0 Å². The second-order valence-electron chi connectivity index (χ2n) is 8.31. The van der Waals surface area contributed by atoms with Gasteiger partial charge in [-0.25, -0.2) is 0 Å². The number of carbonyl (C=O) groups excluding carboxylic acids is 3. The fraction of sp³-hybridized carbons (Fsp3) is 0.222. The summed E-state index contributed by atoms with van der Waals surface area (Å²) in [5, 5.41) is 2.00. The number of ether oxygens (including phenoxy) is 3. The minimum Gasteiger partial charge on any atom is -0.493 e. The molecule has 0 saturated carbocycles. The monoisotopic (exact) mass is 525 g/mol. The average Bonchev–Trinajstić information content (AvgIpc) is 3.09. The van der Waals surface area contributed by atoms with Crippen molar-refractivity contribution >= 4 is 57.3 Å². The number of thioether (sulfide) groups is 1. The van der Waals surface area contributed by atoms with Crippen LogP contribution in [0.5, 0.6) is 11.5 Å². The highest BCUT2D eigenvalue weighted by Gasteiger charge is 2.36. The van der Waals surface area contributed by atoms with Crippen molar-refractivity contribution in [1.29, 1.82) is 0 Å². The predicted molar refractivity (Wildman–Crippen MR) is 140 cm³/mol. The molecule has 1 aliphatic heterocycles. The number of esters is 1. The van der Waals surface area contributed by atoms with E-state index in [0.717, 1.165) is 33.0 Å². The molecule has 1 saturated heterocycles. The Bertz CT molecular complexity index is 1370. The van der Waals surface area contributed by atoms with Gasteiger partial charge in [-0.05, 0) is 71.8 Å². The zero-order valence-electron chi connectivity index (χ0n) is 19.9. The molecule has 4 rings (SSSR count). The van der Waals surface area contributed by atoms with Crippen LogP contribution in [0.2, 0.25) is 5.02 Å². The topological polar surface area (TPSA) is 82.1 Å². The van der Waals surface area contributed by atoms with Crippen LogP contribution in [0.15, 0.2) is 59.5 Å². The van der Waals surface area contributed by atoms with Gasteiger partial charge in [0.05, 0.1) is 23.1 Å². The lowest BCUT2D eigenvalue weighted by Gasteiger charge is -2.14. The van der Waals surface area contributed by atoms with Crippen LogP contribution in [0.4, 0.5) is 4.79 Å². The van der Waals surface area contributed by atoms with Crippen molar-refractivity contribution in [3.8, 4) is 11.5 Å². The van der Waals surface area contributed by atoms with Crippen LogP contribution in [0, 0.1) is 0 Å². The number of benzene rings is 3. The molecule has 9 heteroatoms. The van der Waals surface area contributed by atoms with Crippen LogP contribution < -0.4 is 9.47 Å². The lowest BCUT2D eigenvalue weighted by Crippen LogP contribution is -2.35. The highest BCUT2D eigenvalue weighted by molar-refractivity contribution is 8.18. The number of hydrogen-bond donors (Lipinski definition) is 0. The number of rotatable bonds is 8. The van der Waals surface area contributed by atoms with Crippen molar-refractivity contribution in [1.82, 2.24) is 4.90 Å². The van der Waals surface area contributed by atoms with E-state index in [-0.39, 0.29) is 17.6 Å². The van der Waals surface area contributed by atoms with E-state index in [1.807, 2.05) is 36.4 Å². The molecule has 0 radical (unpaired) electrons. The lowest BCUT2D eigenvalue weighted by atomic mass is 10.1. The first-order chi connectivity index (χ1) is 17.2. The first kappa shape index (κ1) is 25.6. The third-order valence-corrected chi connectivity index (χ3v) is 6.46. The van der Waals surface area contributed by atoms with Gasteiger partial charge in [-0.15, -0.1) is 0 Å². The summed E-state index contributed by atoms with van der Waals surface area (Å²) in [5.74, 6) is -0.466. The van der Waals surface area contributed by atoms with Crippen molar-refractivity contribution in [2.45, 2.75) is 26.6 Å². The number of methoxy groups -OCH3 is 1. The first-order valence-corrected chi connectivity index (χ1v) is 12.4. The summed E-state index contributed by atoms with van der Waals surface area (Å²) in [7, 11) is 1.49. The second-order valence-corrected chi connectivity index (χ2v) is 9.71. The van der Waals surface area contributed by atoms with Crippen molar-refractivity contribution in [3.05, 3.63) is 75.7 Å². The Kier molecular flexibility index (Phi) is 7.86. The Labute approximate surface area is 218 Å². The predicted octanol–water partition coefficient (Wildman–Crippen LogP) is 6.07. The summed E-state index contributed by atoms with van der Waals surface area (Å²) in [4.78, 5) is 38.0. The Morgan fingerprint density at radius 2 is 1.83 bits per heavy atom. The SMILES string of the molecule is COc1cc(/C=C2/SC(=O)N(CC(=O)OC(C)C)C2=O)cc(Cl)c1OCc1ccc2ccccc2c1. The fourth-order valence-corrected chi connectivity index (χ4v) is 4.78. The number of carbonyl (C=O) groups is 3. The maximum atomic E-state index is 12.7. The number of amides is 2. The molecular formula is C27H24ClNO6S. The quantitative estimate of drug-likeness (QED) is 0.261. The molecule has 0 N–H and O–H groups in total. The number of hydrogen-bond acceptors (Lipinski definition) is 7. The van der Waals surface area contributed by atoms with E-state index in [2.05, 4.69) is 6.07 Å². The van der Waals surface area contributed by atoms with E-state index < -0.39 is 23.7 Å². The van der Waals surface area contributed by atoms with Gasteiger partial charge in [0.25, 0.3) is 11.1 Å². The Morgan fingerprint density at radius 3 is 2.56 bits per heavy atom. The molecule has 7 nitrogen and oxygen atoms in total. The van der Waals surface area contributed by atoms with Crippen molar-refractivity contribution in [2.24, 2.45) is 0 Å². The standard InChI is InChI=1S/C27H24ClNO6S/c1-16(2)35-24(30)14-29-26(31)23(36-27(29)32)13-18-11-21(28)25(22(12-18)33-3)34-15-17-8-9-19-6-4-5-7-20(19)10-17/h4-13,16H,14-15H2,1-3H3/b23-13+. The number of imide groups is 1. The minimum atomic E-state index is -0.647. The van der Waals surface area contributed by atoms with Gasteiger partial charge in [-0.1, -0.05) is 48.0 Å². The van der Waals surface area contributed by atoms with Crippen LogP contribution in [-0.4, -0.2) is 41.8 Å². The molecule has 0 aliphatic carbocycles. The van der Waals surface area contributed by atoms with Gasteiger partial charge in [0.1, 0.15) is 13.2 Å². The normalized spacial score (nSPS) is 14.7. The van der Waals surface area contributed by atoms with Crippen LogP contribution in [-0.2, 0) is 20.9 Å². The molecule has 0 atom stereocenters. The summed E-state index contributed by atoms with van der Waals surface area (Å²) < 4.78 is 16.5. The molecule has 1 aliphatic rings. The van der Waals surface area contributed by atoms with E-state index in [4.69, 9.17) is 25.8 Å². The zero-order valence-corrected chi connectivity index (χ0v) is 21.5. The highest BCUT2D eigenvalue weighted by Crippen LogP contribution is 2.39. The molecule has 2 amide bonds. The van der Waals surface area contributed by atoms with Crippen LogP contribution in [0.25, 0.3) is 16.8 Å². The molecule has 36 heavy (non-hydrogen) atoms. The van der Waals surface area contributed by atoms with Crippen LogP contribution in [0.3, 0.4) is 0 Å². The van der Waals surface area contributed by atoms with Gasteiger partial charge in [0.15, 0.2) is 11.5 Å². The third-order valence-electron chi connectivity index (χ3n) is 5.27. The fourth-order valence-electron chi connectivity index (χ4n) is 3.66. The van der Waals surface area contributed by atoms with Crippen LogP contribution >= 0.6 is 23.4 Å². The van der Waals surface area contributed by atoms with E-state index in [1.165, 1.54) is 13.2 Å². The molecule has 0 aromatic heterocycles. The average molecular weight is 526 g/mol. The number of nitrogens with zero attached hydrogens (tertiary/aromatic N) is 1. The Hall–Kier alpha value is -3.49. The molecule has 0 unspecified atom stereocenters. The molecule has 0 spiro atoms. The maximum absolute atomic E-state index is 12.7. The summed E-state index contributed by atoms with van der Waals surface area (Å²) in [6.45, 7) is 3.23. The van der Waals surface area contributed by atoms with Gasteiger partial charge < -0.3 is 14.2 Å². The van der Waals surface area contributed by atoms with Gasteiger partial charge in [0.2, 0.25) is 0 Å². The van der Waals surface area contributed by atoms with Gasteiger partial charge in [-0.3, -0.25) is 19.3 Å². The molecule has 3 aromatic rings. The lowest BCUT2D eigenvalue weighted by molar-refractivity contribution is -0.149. The third kappa shape index (κ3) is 5.83. The van der Waals surface area contributed by atoms with Gasteiger partial charge >= 0.3 is 5.97 Å². The zero-order chi connectivity index (χ0) is 25.8. The molecule has 186 valence electrons. The largest absolute Gasteiger partial charge is 0.493 e. The van der Waals surface area contributed by atoms with E-state index in [9.17, 15) is 14.4 Å². The molecule has 0 bridgehead atoms. The minimum absolute atomic E-state index is 0.167. The van der Waals surface area contributed by atoms with Crippen LogP contribution in [0.1, 0.15) is 25.0 Å². The van der Waals surface area contributed by atoms with E-state index in [1.54, 1.807) is 26.0 Å². The molecular weight excluding hydrogens is 502 g/mol. The number of halogens is 1. The summed E-state index contributed by atoms with van der Waals surface area (Å²) >= 11 is 7.25. The molecule has 3 aromatic carbocycles. The summed E-state index contributed by atoms with van der Waals surface area (Å²) in [5.41, 5.74) is 1.52. The Balaban J connectivity index is 1.51. The maximum Gasteiger partial charge on any atom is 0.326 e. The van der Waals surface area contributed by atoms with Crippen molar-refractivity contribution in [3.63, 3.8) is 0 Å².